The van der Waals surface area contributed by atoms with Crippen molar-refractivity contribution in [1.29, 1.82) is 0 Å². The Kier molecular flexibility index (Phi) is 3.84. The van der Waals surface area contributed by atoms with E-state index in [1.54, 1.807) is 0 Å². The van der Waals surface area contributed by atoms with Gasteiger partial charge in [0, 0.05) is 16.5 Å². The van der Waals surface area contributed by atoms with Crippen LogP contribution >= 0.6 is 15.9 Å². The topological polar surface area (TPSA) is 43.1 Å². The number of carbonyl (C=O) groups excluding carboxylic acids is 1. The van der Waals surface area contributed by atoms with Crippen molar-refractivity contribution < 1.29 is 4.79 Å². The molecule has 0 aromatic heterocycles. The molecule has 0 saturated heterocycles. The Morgan fingerprint density at radius 1 is 1.43 bits per heavy atom. The molecule has 2 nitrogen and oxygen atoms in total. The maximum absolute atomic E-state index is 11.6. The van der Waals surface area contributed by atoms with Gasteiger partial charge in [-0.1, -0.05) is 15.9 Å². The Morgan fingerprint density at radius 2 is 2.07 bits per heavy atom. The fourth-order valence-corrected chi connectivity index (χ4v) is 1.81. The van der Waals surface area contributed by atoms with Crippen molar-refractivity contribution in [3.8, 4) is 0 Å². The second kappa shape index (κ2) is 4.71. The number of Topliss-reactive ketones (excluding diaryl/α,β-unsaturated/α-hetero) is 1. The monoisotopic (exact) mass is 255 g/mol. The van der Waals surface area contributed by atoms with Crippen molar-refractivity contribution in [3.05, 3.63) is 33.3 Å². The maximum atomic E-state index is 11.6. The molecule has 76 valence electrons. The van der Waals surface area contributed by atoms with E-state index in [0.29, 0.717) is 13.0 Å². The Balaban J connectivity index is 3.06. The first-order valence-electron chi connectivity index (χ1n) is 4.56. The molecule has 1 rings (SSSR count). The van der Waals surface area contributed by atoms with Crippen LogP contribution in [0.3, 0.4) is 0 Å². The smallest absolute Gasteiger partial charge is 0.164 e. The molecule has 1 aromatic rings. The van der Waals surface area contributed by atoms with E-state index in [-0.39, 0.29) is 5.78 Å². The summed E-state index contributed by atoms with van der Waals surface area (Å²) >= 11 is 3.43. The summed E-state index contributed by atoms with van der Waals surface area (Å²) in [5.41, 5.74) is 8.38. The van der Waals surface area contributed by atoms with Gasteiger partial charge in [-0.2, -0.15) is 0 Å². The van der Waals surface area contributed by atoms with Crippen LogP contribution in [0.4, 0.5) is 0 Å². The van der Waals surface area contributed by atoms with Crippen molar-refractivity contribution in [3.63, 3.8) is 0 Å². The van der Waals surface area contributed by atoms with Gasteiger partial charge in [0.2, 0.25) is 0 Å². The van der Waals surface area contributed by atoms with Gasteiger partial charge >= 0.3 is 0 Å². The number of rotatable bonds is 3. The van der Waals surface area contributed by atoms with Crippen LogP contribution in [0.5, 0.6) is 0 Å². The normalized spacial score (nSPS) is 10.3. The first kappa shape index (κ1) is 11.4. The van der Waals surface area contributed by atoms with Crippen LogP contribution in [-0.2, 0) is 0 Å². The van der Waals surface area contributed by atoms with Crippen LogP contribution in [0, 0.1) is 13.8 Å². The molecule has 0 radical (unpaired) electrons. The molecule has 14 heavy (non-hydrogen) atoms. The van der Waals surface area contributed by atoms with E-state index in [2.05, 4.69) is 15.9 Å². The van der Waals surface area contributed by atoms with Crippen molar-refractivity contribution in [2.45, 2.75) is 20.3 Å². The molecule has 1 aromatic carbocycles. The standard InChI is InChI=1S/C11H14BrNO/c1-7-5-9(11(14)3-4-13)6-10(12)8(7)2/h5-6H,3-4,13H2,1-2H3. The minimum Gasteiger partial charge on any atom is -0.330 e. The Morgan fingerprint density at radius 3 is 2.57 bits per heavy atom. The number of ketones is 1. The summed E-state index contributed by atoms with van der Waals surface area (Å²) in [6.45, 7) is 4.43. The van der Waals surface area contributed by atoms with E-state index in [0.717, 1.165) is 15.6 Å². The Bertz CT molecular complexity index is 337. The van der Waals surface area contributed by atoms with Crippen LogP contribution in [0.15, 0.2) is 16.6 Å². The molecule has 0 amide bonds. The van der Waals surface area contributed by atoms with Gasteiger partial charge in [-0.15, -0.1) is 0 Å². The number of nitrogens with two attached hydrogens (primary N) is 1. The molecule has 0 saturated carbocycles. The lowest BCUT2D eigenvalue weighted by atomic mass is 10.0. The van der Waals surface area contributed by atoms with Crippen LogP contribution < -0.4 is 5.73 Å². The van der Waals surface area contributed by atoms with Gasteiger partial charge < -0.3 is 5.73 Å². The summed E-state index contributed by atoms with van der Waals surface area (Å²) in [5.74, 6) is 0.108. The molecule has 0 unspecified atom stereocenters. The van der Waals surface area contributed by atoms with E-state index >= 15 is 0 Å². The highest BCUT2D eigenvalue weighted by molar-refractivity contribution is 9.10. The van der Waals surface area contributed by atoms with Crippen molar-refractivity contribution in [2.75, 3.05) is 6.54 Å². The van der Waals surface area contributed by atoms with Crippen molar-refractivity contribution in [2.24, 2.45) is 5.73 Å². The molecule has 3 heteroatoms. The summed E-state index contributed by atoms with van der Waals surface area (Å²) in [7, 11) is 0. The SMILES string of the molecule is Cc1cc(C(=O)CCN)cc(Br)c1C. The predicted octanol–water partition coefficient (Wildman–Crippen LogP) is 2.60. The zero-order valence-electron chi connectivity index (χ0n) is 8.43. The highest BCUT2D eigenvalue weighted by atomic mass is 79.9. The van der Waals surface area contributed by atoms with Gasteiger partial charge in [-0.3, -0.25) is 4.79 Å². The lowest BCUT2D eigenvalue weighted by molar-refractivity contribution is 0.0985. The maximum Gasteiger partial charge on any atom is 0.164 e. The molecule has 0 fully saturated rings. The minimum atomic E-state index is 0.108. The van der Waals surface area contributed by atoms with Gasteiger partial charge in [0.15, 0.2) is 5.78 Å². The quantitative estimate of drug-likeness (QED) is 0.844. The van der Waals surface area contributed by atoms with Gasteiger partial charge in [0.25, 0.3) is 0 Å². The minimum absolute atomic E-state index is 0.108. The van der Waals surface area contributed by atoms with Crippen LogP contribution in [0.1, 0.15) is 27.9 Å². The molecule has 0 atom stereocenters. The largest absolute Gasteiger partial charge is 0.330 e. The van der Waals surface area contributed by atoms with Crippen LogP contribution in [-0.4, -0.2) is 12.3 Å². The molecular weight excluding hydrogens is 242 g/mol. The Labute approximate surface area is 92.6 Å². The zero-order valence-corrected chi connectivity index (χ0v) is 10.0. The number of halogens is 1. The van der Waals surface area contributed by atoms with E-state index < -0.39 is 0 Å². The number of aryl methyl sites for hydroxylation is 1. The summed E-state index contributed by atoms with van der Waals surface area (Å²) in [4.78, 5) is 11.6. The summed E-state index contributed by atoms with van der Waals surface area (Å²) in [5, 5.41) is 0. The summed E-state index contributed by atoms with van der Waals surface area (Å²) in [6.07, 6.45) is 0.412. The number of benzene rings is 1. The van der Waals surface area contributed by atoms with E-state index in [1.807, 2.05) is 26.0 Å². The third kappa shape index (κ3) is 2.42. The second-order valence-electron chi connectivity index (χ2n) is 3.36. The molecular formula is C11H14BrNO. The Hall–Kier alpha value is -0.670. The third-order valence-electron chi connectivity index (χ3n) is 2.30. The van der Waals surface area contributed by atoms with Gasteiger partial charge in [-0.25, -0.2) is 0 Å². The fourth-order valence-electron chi connectivity index (χ4n) is 1.25. The van der Waals surface area contributed by atoms with Crippen LogP contribution in [0.2, 0.25) is 0 Å². The number of hydrogen-bond acceptors (Lipinski definition) is 2. The number of hydrogen-bond donors (Lipinski definition) is 1. The highest BCUT2D eigenvalue weighted by Gasteiger charge is 2.08. The highest BCUT2D eigenvalue weighted by Crippen LogP contribution is 2.22. The average Bonchev–Trinajstić information content (AvgIpc) is 2.13. The van der Waals surface area contributed by atoms with E-state index in [9.17, 15) is 4.79 Å². The van der Waals surface area contributed by atoms with E-state index in [1.165, 1.54) is 5.56 Å². The molecule has 0 heterocycles. The van der Waals surface area contributed by atoms with Crippen LogP contribution in [0.25, 0.3) is 0 Å². The lowest BCUT2D eigenvalue weighted by Crippen LogP contribution is -2.08. The average molecular weight is 256 g/mol. The first-order valence-corrected chi connectivity index (χ1v) is 5.35. The molecule has 0 aliphatic heterocycles. The van der Waals surface area contributed by atoms with E-state index in [4.69, 9.17) is 5.73 Å². The van der Waals surface area contributed by atoms with Gasteiger partial charge in [0.05, 0.1) is 0 Å². The van der Waals surface area contributed by atoms with Gasteiger partial charge in [0.1, 0.15) is 0 Å². The van der Waals surface area contributed by atoms with Crippen molar-refractivity contribution >= 4 is 21.7 Å². The summed E-state index contributed by atoms with van der Waals surface area (Å²) < 4.78 is 0.984. The second-order valence-corrected chi connectivity index (χ2v) is 4.22. The molecule has 0 aliphatic carbocycles. The predicted molar refractivity (Wildman–Crippen MR) is 61.6 cm³/mol. The molecule has 0 bridgehead atoms. The number of carbonyl (C=O) groups is 1. The first-order chi connectivity index (χ1) is 6.56. The molecule has 2 N–H and O–H groups in total. The zero-order chi connectivity index (χ0) is 10.7. The fraction of sp³-hybridized carbons (Fsp3) is 0.364. The summed E-state index contributed by atoms with van der Waals surface area (Å²) in [6, 6.07) is 3.78. The third-order valence-corrected chi connectivity index (χ3v) is 3.12. The van der Waals surface area contributed by atoms with Gasteiger partial charge in [-0.05, 0) is 43.7 Å². The lowest BCUT2D eigenvalue weighted by Gasteiger charge is -2.06. The van der Waals surface area contributed by atoms with Crippen molar-refractivity contribution in [1.82, 2.24) is 0 Å². The molecule has 0 aliphatic rings. The molecule has 0 spiro atoms.